The van der Waals surface area contributed by atoms with Gasteiger partial charge in [-0.3, -0.25) is 9.59 Å². The number of rotatable bonds is 31. The summed E-state index contributed by atoms with van der Waals surface area (Å²) in [6.45, 7) is 4.30. The van der Waals surface area contributed by atoms with Crippen molar-refractivity contribution in [1.29, 1.82) is 0 Å². The van der Waals surface area contributed by atoms with Crippen LogP contribution >= 0.6 is 0 Å². The number of carbonyl (C=O) groups is 3. The summed E-state index contributed by atoms with van der Waals surface area (Å²) in [5.74, 6) is -1.98. The topological polar surface area (TPSA) is 102 Å². The number of hydrogen-bond acceptors (Lipinski definition) is 7. The molecule has 2 atom stereocenters. The lowest BCUT2D eigenvalue weighted by Gasteiger charge is -2.34. The molecular formula is C42H67NO7. The minimum Gasteiger partial charge on any atom is -0.544 e. The van der Waals surface area contributed by atoms with Crippen molar-refractivity contribution in [2.45, 2.75) is 122 Å². The molecule has 0 saturated carbocycles. The predicted octanol–water partition coefficient (Wildman–Crippen LogP) is 8.07. The lowest BCUT2D eigenvalue weighted by molar-refractivity contribution is -0.889. The van der Waals surface area contributed by atoms with E-state index in [-0.39, 0.29) is 49.5 Å². The van der Waals surface area contributed by atoms with E-state index in [1.165, 1.54) is 25.7 Å². The van der Waals surface area contributed by atoms with E-state index in [0.29, 0.717) is 12.8 Å². The maximum atomic E-state index is 12.5. The number of quaternary nitrogens is 1. The smallest absolute Gasteiger partial charge is 0.310 e. The van der Waals surface area contributed by atoms with E-state index in [0.717, 1.165) is 38.5 Å². The molecule has 0 spiro atoms. The standard InChI is InChI=1S/C42H67NO7/c1-6-8-10-12-14-16-17-18-19-20-21-22-23-25-26-28-30-32-40(44)49-37-38(36-48-35-34-39(42(46)47)43(3,4)5)50-41(45)33-31-29-27-24-15-13-11-9-7-2/h9,11,14-16,18-19,21-22,24-26,29,31,38-39H,6-8,10,12-13,17,20,23,27-28,30,32-37H2,1-5H3/b11-9+,16-14+,19-18+,22-21+,24-15+,26-25+,31-29+. The first-order valence-electron chi connectivity index (χ1n) is 18.6. The summed E-state index contributed by atoms with van der Waals surface area (Å²) < 4.78 is 16.8. The number of carboxylic acids is 1. The van der Waals surface area contributed by atoms with Crippen molar-refractivity contribution in [3.63, 3.8) is 0 Å². The van der Waals surface area contributed by atoms with Gasteiger partial charge in [-0.15, -0.1) is 0 Å². The average Bonchev–Trinajstić information content (AvgIpc) is 3.06. The van der Waals surface area contributed by atoms with Crippen molar-refractivity contribution in [2.75, 3.05) is 41.0 Å². The summed E-state index contributed by atoms with van der Waals surface area (Å²) in [5.41, 5.74) is 0. The Kier molecular flexibility index (Phi) is 30.4. The Labute approximate surface area is 303 Å². The van der Waals surface area contributed by atoms with Crippen LogP contribution in [-0.4, -0.2) is 75.5 Å². The molecule has 0 amide bonds. The summed E-state index contributed by atoms with van der Waals surface area (Å²) in [7, 11) is 5.33. The third-order valence-corrected chi connectivity index (χ3v) is 7.55. The van der Waals surface area contributed by atoms with Gasteiger partial charge in [0, 0.05) is 12.8 Å². The second-order valence-corrected chi connectivity index (χ2v) is 13.1. The Bertz CT molecular complexity index is 1090. The van der Waals surface area contributed by atoms with Gasteiger partial charge in [-0.1, -0.05) is 112 Å². The summed E-state index contributed by atoms with van der Waals surface area (Å²) in [6.07, 6.45) is 40.9. The molecule has 0 N–H and O–H groups in total. The van der Waals surface area contributed by atoms with Gasteiger partial charge < -0.3 is 28.6 Å². The lowest BCUT2D eigenvalue weighted by Crippen LogP contribution is -2.55. The lowest BCUT2D eigenvalue weighted by atomic mass is 10.1. The summed E-state index contributed by atoms with van der Waals surface area (Å²) in [4.78, 5) is 36.5. The number of aliphatic carboxylic acids is 1. The molecule has 2 unspecified atom stereocenters. The molecule has 0 aromatic carbocycles. The maximum Gasteiger partial charge on any atom is 0.310 e. The molecule has 8 heteroatoms. The number of nitrogens with zero attached hydrogens (tertiary/aromatic N) is 1. The molecule has 0 aliphatic carbocycles. The largest absolute Gasteiger partial charge is 0.544 e. The molecule has 282 valence electrons. The molecule has 0 rings (SSSR count). The molecule has 0 radical (unpaired) electrons. The second-order valence-electron chi connectivity index (χ2n) is 13.1. The zero-order valence-electron chi connectivity index (χ0n) is 31.8. The Morgan fingerprint density at radius 3 is 1.68 bits per heavy atom. The van der Waals surface area contributed by atoms with Gasteiger partial charge in [0.25, 0.3) is 0 Å². The van der Waals surface area contributed by atoms with Crippen LogP contribution in [0.2, 0.25) is 0 Å². The van der Waals surface area contributed by atoms with Crippen molar-refractivity contribution in [2.24, 2.45) is 0 Å². The monoisotopic (exact) mass is 697 g/mol. The molecule has 0 aromatic rings. The van der Waals surface area contributed by atoms with E-state index in [2.05, 4.69) is 80.7 Å². The molecule has 0 aromatic heterocycles. The van der Waals surface area contributed by atoms with Crippen molar-refractivity contribution in [1.82, 2.24) is 0 Å². The fraction of sp³-hybridized carbons (Fsp3) is 0.595. The van der Waals surface area contributed by atoms with E-state index in [1.54, 1.807) is 27.2 Å². The van der Waals surface area contributed by atoms with Gasteiger partial charge >= 0.3 is 11.9 Å². The van der Waals surface area contributed by atoms with Crippen LogP contribution in [0, 0.1) is 0 Å². The average molecular weight is 698 g/mol. The van der Waals surface area contributed by atoms with Gasteiger partial charge in [0.15, 0.2) is 6.10 Å². The number of unbranched alkanes of at least 4 members (excludes halogenated alkanes) is 4. The number of hydrogen-bond donors (Lipinski definition) is 0. The molecular weight excluding hydrogens is 630 g/mol. The first-order chi connectivity index (χ1) is 24.1. The van der Waals surface area contributed by atoms with E-state index in [4.69, 9.17) is 14.2 Å². The Morgan fingerprint density at radius 2 is 1.16 bits per heavy atom. The molecule has 0 fully saturated rings. The Balaban J connectivity index is 4.58. The van der Waals surface area contributed by atoms with Crippen LogP contribution in [0.15, 0.2) is 85.1 Å². The second kappa shape index (κ2) is 32.7. The van der Waals surface area contributed by atoms with E-state index < -0.39 is 24.1 Å². The van der Waals surface area contributed by atoms with Crippen LogP contribution in [0.4, 0.5) is 0 Å². The van der Waals surface area contributed by atoms with Crippen LogP contribution in [0.3, 0.4) is 0 Å². The minimum absolute atomic E-state index is 0.0180. The number of esters is 2. The minimum atomic E-state index is -1.15. The Hall–Kier alpha value is -3.49. The highest BCUT2D eigenvalue weighted by atomic mass is 16.6. The third kappa shape index (κ3) is 30.6. The SMILES string of the molecule is CC/C=C/C/C=C/C/C=C/CC(=O)OC(COCCC(C(=O)[O-])[N+](C)(C)C)COC(=O)CCC/C=C/C/C=C/C/C=C/C/C=C/CCCCC. The van der Waals surface area contributed by atoms with Crippen molar-refractivity contribution in [3.8, 4) is 0 Å². The van der Waals surface area contributed by atoms with Gasteiger partial charge in [-0.2, -0.15) is 0 Å². The van der Waals surface area contributed by atoms with E-state index in [9.17, 15) is 19.5 Å². The number of likely N-dealkylation sites (N-methyl/N-ethyl adjacent to an activating group) is 1. The molecule has 0 heterocycles. The van der Waals surface area contributed by atoms with Crippen LogP contribution in [0.5, 0.6) is 0 Å². The van der Waals surface area contributed by atoms with Crippen LogP contribution < -0.4 is 5.11 Å². The summed E-state index contributed by atoms with van der Waals surface area (Å²) in [6, 6.07) is -0.750. The van der Waals surface area contributed by atoms with Gasteiger partial charge in [0.1, 0.15) is 12.6 Å². The summed E-state index contributed by atoms with van der Waals surface area (Å²) in [5, 5.41) is 11.6. The quantitative estimate of drug-likeness (QED) is 0.0313. The van der Waals surface area contributed by atoms with Crippen LogP contribution in [-0.2, 0) is 28.6 Å². The van der Waals surface area contributed by atoms with Gasteiger partial charge in [0.2, 0.25) is 0 Å². The molecule has 50 heavy (non-hydrogen) atoms. The van der Waals surface area contributed by atoms with E-state index in [1.807, 2.05) is 12.2 Å². The van der Waals surface area contributed by atoms with Gasteiger partial charge in [-0.05, 0) is 64.2 Å². The fourth-order valence-corrected chi connectivity index (χ4v) is 4.65. The van der Waals surface area contributed by atoms with E-state index >= 15 is 0 Å². The highest BCUT2D eigenvalue weighted by Crippen LogP contribution is 2.09. The van der Waals surface area contributed by atoms with Crippen LogP contribution in [0.25, 0.3) is 0 Å². The van der Waals surface area contributed by atoms with Crippen LogP contribution in [0.1, 0.15) is 110 Å². The fourth-order valence-electron chi connectivity index (χ4n) is 4.65. The highest BCUT2D eigenvalue weighted by molar-refractivity contribution is 5.71. The van der Waals surface area contributed by atoms with Crippen molar-refractivity contribution < 1.29 is 38.2 Å². The maximum absolute atomic E-state index is 12.5. The zero-order valence-corrected chi connectivity index (χ0v) is 31.8. The third-order valence-electron chi connectivity index (χ3n) is 7.55. The first kappa shape index (κ1) is 46.5. The Morgan fingerprint density at radius 1 is 0.640 bits per heavy atom. The van der Waals surface area contributed by atoms with Gasteiger partial charge in [0.05, 0.1) is 46.7 Å². The van der Waals surface area contributed by atoms with Crippen molar-refractivity contribution >= 4 is 17.9 Å². The van der Waals surface area contributed by atoms with Gasteiger partial charge in [-0.25, -0.2) is 0 Å². The predicted molar refractivity (Wildman–Crippen MR) is 203 cm³/mol. The first-order valence-corrected chi connectivity index (χ1v) is 18.6. The molecule has 0 bridgehead atoms. The number of carboxylic acid groups (broad SMARTS) is 1. The highest BCUT2D eigenvalue weighted by Gasteiger charge is 2.25. The molecule has 0 aliphatic rings. The zero-order chi connectivity index (χ0) is 37.1. The number of allylic oxidation sites excluding steroid dienone is 13. The normalized spacial score (nSPS) is 14.0. The molecule has 0 aliphatic heterocycles. The number of ether oxygens (including phenoxy) is 3. The summed E-state index contributed by atoms with van der Waals surface area (Å²) >= 11 is 0. The molecule has 0 saturated heterocycles. The molecule has 8 nitrogen and oxygen atoms in total. The van der Waals surface area contributed by atoms with Crippen molar-refractivity contribution in [3.05, 3.63) is 85.1 Å². The number of carbonyl (C=O) groups excluding carboxylic acids is 3.